The molecule has 0 radical (unpaired) electrons. The van der Waals surface area contributed by atoms with Crippen molar-refractivity contribution in [2.24, 2.45) is 5.92 Å². The molecule has 0 bridgehead atoms. The van der Waals surface area contributed by atoms with Crippen LogP contribution in [-0.2, 0) is 4.79 Å². The van der Waals surface area contributed by atoms with E-state index in [-0.39, 0.29) is 30.7 Å². The number of hydrogen-bond acceptors (Lipinski definition) is 6. The SMILES string of the molecule is N#CCNC(=O)[C@@H]1C[C@@H](F)CC[C@H]1c1nc(C2CC(F)C2)sc1-c1ccc(N2CCSCC2)cc1. The Morgan fingerprint density at radius 2 is 1.86 bits per heavy atom. The Hall–Kier alpha value is -2.18. The summed E-state index contributed by atoms with van der Waals surface area (Å²) >= 11 is 3.57. The highest BCUT2D eigenvalue weighted by Gasteiger charge is 2.40. The number of nitriles is 1. The van der Waals surface area contributed by atoms with Crippen LogP contribution in [0.25, 0.3) is 10.4 Å². The first-order chi connectivity index (χ1) is 17.0. The second-order valence-electron chi connectivity index (χ2n) is 9.68. The van der Waals surface area contributed by atoms with Crippen LogP contribution in [0.3, 0.4) is 0 Å². The Bertz CT molecular complexity index is 1070. The molecule has 1 aromatic carbocycles. The van der Waals surface area contributed by atoms with Gasteiger partial charge in [-0.15, -0.1) is 11.3 Å². The third kappa shape index (κ3) is 5.34. The molecule has 2 heterocycles. The molecule has 3 fully saturated rings. The van der Waals surface area contributed by atoms with Crippen molar-refractivity contribution in [3.63, 3.8) is 0 Å². The fourth-order valence-electron chi connectivity index (χ4n) is 5.37. The van der Waals surface area contributed by atoms with E-state index in [9.17, 15) is 13.6 Å². The lowest BCUT2D eigenvalue weighted by atomic mass is 9.75. The molecule has 1 N–H and O–H groups in total. The van der Waals surface area contributed by atoms with Crippen molar-refractivity contribution in [1.82, 2.24) is 10.3 Å². The quantitative estimate of drug-likeness (QED) is 0.518. The first-order valence-corrected chi connectivity index (χ1v) is 14.4. The van der Waals surface area contributed by atoms with Crippen molar-refractivity contribution < 1.29 is 13.6 Å². The number of nitrogens with one attached hydrogen (secondary N) is 1. The number of halogens is 2. The smallest absolute Gasteiger partial charge is 0.224 e. The number of aromatic nitrogens is 1. The van der Waals surface area contributed by atoms with Crippen LogP contribution in [0.2, 0.25) is 0 Å². The van der Waals surface area contributed by atoms with Gasteiger partial charge in [-0.2, -0.15) is 17.0 Å². The highest BCUT2D eigenvalue weighted by atomic mass is 32.2. The van der Waals surface area contributed by atoms with Gasteiger partial charge in [-0.05, 0) is 49.8 Å². The fourth-order valence-corrected chi connectivity index (χ4v) is 7.54. The minimum Gasteiger partial charge on any atom is -0.370 e. The summed E-state index contributed by atoms with van der Waals surface area (Å²) in [5, 5.41) is 12.4. The molecule has 5 nitrogen and oxygen atoms in total. The number of amides is 1. The molecule has 1 saturated heterocycles. The first kappa shape index (κ1) is 24.5. The highest BCUT2D eigenvalue weighted by Crippen LogP contribution is 2.48. The molecule has 2 saturated carbocycles. The maximum Gasteiger partial charge on any atom is 0.224 e. The standard InChI is InChI=1S/C26H30F2N4OS2/c27-18-3-6-21(22(15-18)25(33)30-8-7-29)23-24(35-26(31-23)17-13-19(28)14-17)16-1-4-20(5-2-16)32-9-11-34-12-10-32/h1-2,4-5,17-19,21-22H,3,6,8-15H2,(H,30,33)/t17?,18-,19?,21+,22+/m0/s1. The number of carbonyl (C=O) groups excluding carboxylic acids is 1. The number of thiazole rings is 1. The van der Waals surface area contributed by atoms with Crippen LogP contribution in [0.15, 0.2) is 24.3 Å². The summed E-state index contributed by atoms with van der Waals surface area (Å²) in [6.45, 7) is 1.99. The molecule has 1 aliphatic heterocycles. The largest absolute Gasteiger partial charge is 0.370 e. The molecule has 2 aromatic rings. The second-order valence-corrected chi connectivity index (χ2v) is 11.9. The number of alkyl halides is 2. The molecule has 1 amide bonds. The van der Waals surface area contributed by atoms with Crippen molar-refractivity contribution in [3.05, 3.63) is 35.0 Å². The van der Waals surface area contributed by atoms with E-state index in [0.29, 0.717) is 25.7 Å². The third-order valence-corrected chi connectivity index (χ3v) is 9.65. The van der Waals surface area contributed by atoms with E-state index in [1.165, 1.54) is 5.69 Å². The summed E-state index contributed by atoms with van der Waals surface area (Å²) in [5.41, 5.74) is 3.07. The molecule has 0 spiro atoms. The maximum absolute atomic E-state index is 14.4. The monoisotopic (exact) mass is 516 g/mol. The minimum atomic E-state index is -1.04. The summed E-state index contributed by atoms with van der Waals surface area (Å²) < 4.78 is 28.0. The van der Waals surface area contributed by atoms with Gasteiger partial charge in [0, 0.05) is 48.0 Å². The molecule has 0 unspecified atom stereocenters. The predicted octanol–water partition coefficient (Wildman–Crippen LogP) is 5.44. The van der Waals surface area contributed by atoms with Crippen LogP contribution >= 0.6 is 23.1 Å². The molecular weight excluding hydrogens is 486 g/mol. The van der Waals surface area contributed by atoms with Crippen molar-refractivity contribution in [1.29, 1.82) is 5.26 Å². The van der Waals surface area contributed by atoms with E-state index in [4.69, 9.17) is 10.2 Å². The normalized spacial score (nSPS) is 28.7. The van der Waals surface area contributed by atoms with Gasteiger partial charge in [0.05, 0.1) is 21.6 Å². The Kier molecular flexibility index (Phi) is 7.59. The van der Waals surface area contributed by atoms with E-state index in [1.807, 2.05) is 17.8 Å². The molecule has 5 rings (SSSR count). The number of carbonyl (C=O) groups is 1. The number of anilines is 1. The summed E-state index contributed by atoms with van der Waals surface area (Å²) in [6, 6.07) is 10.4. The second kappa shape index (κ2) is 10.8. The summed E-state index contributed by atoms with van der Waals surface area (Å²) in [5.74, 6) is 1.30. The summed E-state index contributed by atoms with van der Waals surface area (Å²) in [7, 11) is 0. The Labute approximate surface area is 213 Å². The Morgan fingerprint density at radius 3 is 2.54 bits per heavy atom. The molecule has 3 aliphatic rings. The van der Waals surface area contributed by atoms with Crippen LogP contribution in [0.5, 0.6) is 0 Å². The van der Waals surface area contributed by atoms with E-state index in [0.717, 1.165) is 45.7 Å². The van der Waals surface area contributed by atoms with Gasteiger partial charge in [0.15, 0.2) is 0 Å². The predicted molar refractivity (Wildman–Crippen MR) is 138 cm³/mol. The lowest BCUT2D eigenvalue weighted by Gasteiger charge is -2.32. The van der Waals surface area contributed by atoms with E-state index in [1.54, 1.807) is 11.3 Å². The number of benzene rings is 1. The molecule has 1 aromatic heterocycles. The topological polar surface area (TPSA) is 69.0 Å². The van der Waals surface area contributed by atoms with Gasteiger partial charge in [-0.1, -0.05) is 12.1 Å². The van der Waals surface area contributed by atoms with Crippen LogP contribution in [0, 0.1) is 17.2 Å². The summed E-state index contributed by atoms with van der Waals surface area (Å²) in [4.78, 5) is 21.3. The maximum atomic E-state index is 14.4. The van der Waals surface area contributed by atoms with Crippen molar-refractivity contribution in [3.8, 4) is 16.5 Å². The zero-order chi connectivity index (χ0) is 24.4. The van der Waals surface area contributed by atoms with Crippen LogP contribution in [-0.4, -0.2) is 54.4 Å². The van der Waals surface area contributed by atoms with E-state index >= 15 is 0 Å². The lowest BCUT2D eigenvalue weighted by molar-refractivity contribution is -0.127. The lowest BCUT2D eigenvalue weighted by Crippen LogP contribution is -2.38. The number of nitrogens with zero attached hydrogens (tertiary/aromatic N) is 3. The van der Waals surface area contributed by atoms with Gasteiger partial charge in [0.1, 0.15) is 18.9 Å². The zero-order valence-electron chi connectivity index (χ0n) is 19.6. The van der Waals surface area contributed by atoms with E-state index in [2.05, 4.69) is 34.5 Å². The van der Waals surface area contributed by atoms with Crippen LogP contribution in [0.1, 0.15) is 54.6 Å². The highest BCUT2D eigenvalue weighted by molar-refractivity contribution is 7.99. The van der Waals surface area contributed by atoms with Crippen molar-refractivity contribution in [2.75, 3.05) is 36.0 Å². The van der Waals surface area contributed by atoms with Crippen molar-refractivity contribution in [2.45, 2.75) is 56.3 Å². The Morgan fingerprint density at radius 1 is 1.11 bits per heavy atom. The molecule has 186 valence electrons. The van der Waals surface area contributed by atoms with Gasteiger partial charge in [0.2, 0.25) is 5.91 Å². The van der Waals surface area contributed by atoms with Crippen LogP contribution in [0.4, 0.5) is 14.5 Å². The van der Waals surface area contributed by atoms with Gasteiger partial charge < -0.3 is 10.2 Å². The molecule has 2 aliphatic carbocycles. The number of hydrogen-bond donors (Lipinski definition) is 1. The average molecular weight is 517 g/mol. The molecule has 35 heavy (non-hydrogen) atoms. The first-order valence-electron chi connectivity index (χ1n) is 12.4. The van der Waals surface area contributed by atoms with Gasteiger partial charge in [-0.25, -0.2) is 13.8 Å². The van der Waals surface area contributed by atoms with Crippen LogP contribution < -0.4 is 10.2 Å². The zero-order valence-corrected chi connectivity index (χ0v) is 21.2. The number of rotatable bonds is 6. The average Bonchev–Trinajstić information content (AvgIpc) is 3.30. The molecule has 9 heteroatoms. The third-order valence-electron chi connectivity index (χ3n) is 7.42. The van der Waals surface area contributed by atoms with Gasteiger partial charge in [-0.3, -0.25) is 4.79 Å². The Balaban J connectivity index is 1.47. The fraction of sp³-hybridized carbons (Fsp3) is 0.577. The molecular formula is C26H30F2N4OS2. The number of thioether (sulfide) groups is 1. The minimum absolute atomic E-state index is 0.0926. The van der Waals surface area contributed by atoms with E-state index < -0.39 is 18.3 Å². The van der Waals surface area contributed by atoms with Gasteiger partial charge >= 0.3 is 0 Å². The molecule has 3 atom stereocenters. The summed E-state index contributed by atoms with van der Waals surface area (Å²) in [6.07, 6.45) is 0.220. The van der Waals surface area contributed by atoms with Crippen molar-refractivity contribution >= 4 is 34.7 Å². The van der Waals surface area contributed by atoms with Gasteiger partial charge in [0.25, 0.3) is 0 Å².